The van der Waals surface area contributed by atoms with Crippen LogP contribution in [-0.2, 0) is 16.2 Å². The van der Waals surface area contributed by atoms with Gasteiger partial charge in [-0.05, 0) is 100 Å². The predicted octanol–water partition coefficient (Wildman–Crippen LogP) is 8.30. The van der Waals surface area contributed by atoms with Crippen molar-refractivity contribution in [1.29, 1.82) is 0 Å². The number of hydrogen-bond donors (Lipinski definition) is 2. The number of oxime groups is 1. The third-order valence-corrected chi connectivity index (χ3v) is 12.6. The normalized spacial score (nSPS) is 28.0. The summed E-state index contributed by atoms with van der Waals surface area (Å²) in [5.74, 6) is 1.17. The van der Waals surface area contributed by atoms with Crippen molar-refractivity contribution in [2.45, 2.75) is 113 Å². The molecule has 3 aliphatic carbocycles. The van der Waals surface area contributed by atoms with Crippen LogP contribution in [0.2, 0.25) is 0 Å². The molecule has 0 spiro atoms. The maximum absolute atomic E-state index is 9.85. The average Bonchev–Trinajstić information content (AvgIpc) is 3.64. The van der Waals surface area contributed by atoms with Gasteiger partial charge in [-0.1, -0.05) is 49.1 Å². The van der Waals surface area contributed by atoms with Crippen molar-refractivity contribution in [2.75, 3.05) is 26.4 Å². The number of allylic oxidation sites excluding steroid dienone is 1. The van der Waals surface area contributed by atoms with E-state index in [0.29, 0.717) is 31.5 Å². The van der Waals surface area contributed by atoms with E-state index in [1.165, 1.54) is 31.3 Å². The number of thioether (sulfide) groups is 1. The summed E-state index contributed by atoms with van der Waals surface area (Å²) in [4.78, 5) is 10.5. The van der Waals surface area contributed by atoms with Crippen LogP contribution in [0.1, 0.15) is 100 Å². The summed E-state index contributed by atoms with van der Waals surface area (Å²) in [7, 11) is 0. The Morgan fingerprint density at radius 1 is 1.08 bits per heavy atom. The molecule has 9 heteroatoms. The highest BCUT2D eigenvalue weighted by Crippen LogP contribution is 2.63. The maximum Gasteiger partial charge on any atom is 0.230 e. The van der Waals surface area contributed by atoms with Gasteiger partial charge in [-0.3, -0.25) is 4.98 Å². The predicted molar refractivity (Wildman–Crippen MR) is 200 cm³/mol. The topological polar surface area (TPSA) is 103 Å². The summed E-state index contributed by atoms with van der Waals surface area (Å²) < 4.78 is 20.8. The first kappa shape index (κ1) is 36.9. The first-order valence-corrected chi connectivity index (χ1v) is 19.9. The molecule has 2 heterocycles. The first-order chi connectivity index (χ1) is 24.5. The summed E-state index contributed by atoms with van der Waals surface area (Å²) in [5.41, 5.74) is 5.16. The zero-order chi connectivity index (χ0) is 34.9. The number of fused-ring (bicyclic) bond motifs is 2. The lowest BCUT2D eigenvalue weighted by Gasteiger charge is -2.58. The average molecular weight is 705 g/mol. The number of aromatic nitrogens is 1. The van der Waals surface area contributed by atoms with Gasteiger partial charge in [0.2, 0.25) is 5.79 Å². The van der Waals surface area contributed by atoms with Crippen molar-refractivity contribution in [1.82, 2.24) is 4.98 Å². The molecule has 6 rings (SSSR count). The summed E-state index contributed by atoms with van der Waals surface area (Å²) in [6.45, 7) is 9.65. The van der Waals surface area contributed by atoms with Gasteiger partial charge in [0.15, 0.2) is 0 Å². The van der Waals surface area contributed by atoms with E-state index in [1.807, 2.05) is 56.0 Å². The molecule has 2 fully saturated rings. The van der Waals surface area contributed by atoms with E-state index in [2.05, 4.69) is 29.8 Å². The van der Waals surface area contributed by atoms with E-state index >= 15 is 0 Å². The standard InChI is InChI=1S/C41H56N2O6S/c1-4-23-47-41-38(50-32-16-6-7-17-32)26-36(43-48-5-2)34-24-29(14-8-10-21-44)33(18-9-11-22-45)39(40(34)41)35-25-31(19-20-37(35)49-41)46-27-30-15-12-13-28(3)42-30/h4,12-13,15,19-20,24-25,29,32-33,38-40,44-45H,1,5-11,14,16-18,21-23,26-27H2,2-3H3. The molecule has 1 aromatic heterocycles. The van der Waals surface area contributed by atoms with Crippen LogP contribution in [0.5, 0.6) is 11.5 Å². The van der Waals surface area contributed by atoms with Crippen LogP contribution in [0.3, 0.4) is 0 Å². The molecule has 4 aliphatic rings. The molecule has 8 nitrogen and oxygen atoms in total. The monoisotopic (exact) mass is 704 g/mol. The van der Waals surface area contributed by atoms with Crippen molar-refractivity contribution in [2.24, 2.45) is 22.9 Å². The van der Waals surface area contributed by atoms with Crippen LogP contribution in [0.15, 0.2) is 65.9 Å². The Bertz CT molecular complexity index is 1490. The van der Waals surface area contributed by atoms with Gasteiger partial charge in [-0.15, -0.1) is 18.3 Å². The third kappa shape index (κ3) is 8.11. The number of pyridine rings is 1. The molecule has 1 aromatic carbocycles. The first-order valence-electron chi connectivity index (χ1n) is 18.9. The van der Waals surface area contributed by atoms with Crippen LogP contribution in [0.25, 0.3) is 0 Å². The Hall–Kier alpha value is -2.85. The maximum atomic E-state index is 9.85. The van der Waals surface area contributed by atoms with Gasteiger partial charge in [0.05, 0.1) is 29.2 Å². The second kappa shape index (κ2) is 17.6. The quantitative estimate of drug-likeness (QED) is 0.0908. The van der Waals surface area contributed by atoms with E-state index in [9.17, 15) is 10.2 Å². The highest BCUT2D eigenvalue weighted by atomic mass is 32.2. The summed E-state index contributed by atoms with van der Waals surface area (Å²) in [6.07, 6.45) is 15.2. The van der Waals surface area contributed by atoms with Crippen LogP contribution < -0.4 is 9.47 Å². The minimum Gasteiger partial charge on any atom is -0.487 e. The third-order valence-electron chi connectivity index (χ3n) is 10.9. The smallest absolute Gasteiger partial charge is 0.230 e. The minimum atomic E-state index is -0.921. The Morgan fingerprint density at radius 2 is 1.88 bits per heavy atom. The van der Waals surface area contributed by atoms with E-state index < -0.39 is 5.79 Å². The number of benzene rings is 1. The molecule has 0 amide bonds. The summed E-state index contributed by atoms with van der Waals surface area (Å²) >= 11 is 2.02. The van der Waals surface area contributed by atoms with E-state index in [-0.39, 0.29) is 42.1 Å². The SMILES string of the molecule is C=CCOC12Oc3ccc(OCc4cccc(C)n4)cc3C3C(CCCCO)C(CCCCO)C=C(C(=NOCC)CC1SC1CCCC1)C32. The van der Waals surface area contributed by atoms with Crippen molar-refractivity contribution in [3.05, 3.63) is 77.7 Å². The number of unbranched alkanes of at least 4 members (excludes halogenated alkanes) is 2. The highest BCUT2D eigenvalue weighted by molar-refractivity contribution is 8.00. The molecule has 6 unspecified atom stereocenters. The molecular formula is C41H56N2O6S. The van der Waals surface area contributed by atoms with E-state index in [1.54, 1.807) is 0 Å². The molecule has 0 radical (unpaired) electrons. The van der Waals surface area contributed by atoms with Gasteiger partial charge >= 0.3 is 0 Å². The molecule has 2 N–H and O–H groups in total. The lowest BCUT2D eigenvalue weighted by atomic mass is 9.56. The van der Waals surface area contributed by atoms with Gasteiger partial charge in [-0.2, -0.15) is 0 Å². The van der Waals surface area contributed by atoms with Gasteiger partial charge in [-0.25, -0.2) is 0 Å². The lowest BCUT2D eigenvalue weighted by molar-refractivity contribution is -0.223. The number of aliphatic hydroxyl groups is 2. The van der Waals surface area contributed by atoms with Crippen LogP contribution in [0, 0.1) is 24.7 Å². The highest BCUT2D eigenvalue weighted by Gasteiger charge is 2.64. The van der Waals surface area contributed by atoms with Crippen molar-refractivity contribution < 1.29 is 29.3 Å². The fraction of sp³-hybridized carbons (Fsp3) is 0.610. The zero-order valence-corrected chi connectivity index (χ0v) is 30.8. The Balaban J connectivity index is 1.49. The van der Waals surface area contributed by atoms with E-state index in [4.69, 9.17) is 24.2 Å². The van der Waals surface area contributed by atoms with E-state index in [0.717, 1.165) is 72.7 Å². The molecule has 272 valence electrons. The van der Waals surface area contributed by atoms with Crippen LogP contribution in [0.4, 0.5) is 0 Å². The fourth-order valence-corrected chi connectivity index (χ4v) is 10.5. The number of hydrogen-bond acceptors (Lipinski definition) is 9. The molecule has 50 heavy (non-hydrogen) atoms. The number of aryl methyl sites for hydroxylation is 1. The van der Waals surface area contributed by atoms with Crippen molar-refractivity contribution in [3.8, 4) is 11.5 Å². The van der Waals surface area contributed by atoms with Crippen LogP contribution in [-0.4, -0.2) is 63.6 Å². The lowest BCUT2D eigenvalue weighted by Crippen LogP contribution is -2.64. The molecule has 0 saturated heterocycles. The Labute approximate surface area is 302 Å². The Kier molecular flexibility index (Phi) is 13.0. The summed E-state index contributed by atoms with van der Waals surface area (Å²) in [6, 6.07) is 12.3. The van der Waals surface area contributed by atoms with Crippen molar-refractivity contribution in [3.63, 3.8) is 0 Å². The molecule has 6 atom stereocenters. The van der Waals surface area contributed by atoms with Crippen molar-refractivity contribution >= 4 is 17.5 Å². The number of nitrogens with zero attached hydrogens (tertiary/aromatic N) is 2. The summed E-state index contributed by atoms with van der Waals surface area (Å²) in [5, 5.41) is 25.0. The second-order valence-electron chi connectivity index (χ2n) is 14.3. The molecular weight excluding hydrogens is 649 g/mol. The fourth-order valence-electron chi connectivity index (χ4n) is 8.77. The molecule has 2 aromatic rings. The second-order valence-corrected chi connectivity index (χ2v) is 15.8. The number of ether oxygens (including phenoxy) is 3. The zero-order valence-electron chi connectivity index (χ0n) is 29.9. The number of aliphatic hydroxyl groups excluding tert-OH is 2. The largest absolute Gasteiger partial charge is 0.487 e. The van der Waals surface area contributed by atoms with Gasteiger partial charge in [0, 0.05) is 42.1 Å². The van der Waals surface area contributed by atoms with Gasteiger partial charge < -0.3 is 29.3 Å². The Morgan fingerprint density at radius 3 is 2.62 bits per heavy atom. The van der Waals surface area contributed by atoms with Crippen LogP contribution >= 0.6 is 11.8 Å². The number of rotatable bonds is 18. The van der Waals surface area contributed by atoms with Gasteiger partial charge in [0.1, 0.15) is 24.7 Å². The van der Waals surface area contributed by atoms with Gasteiger partial charge in [0.25, 0.3) is 0 Å². The molecule has 1 aliphatic heterocycles. The molecule has 2 saturated carbocycles. The minimum absolute atomic E-state index is 0.00917. The molecule has 0 bridgehead atoms.